The van der Waals surface area contributed by atoms with Crippen molar-refractivity contribution in [2.45, 2.75) is 167 Å². The molecule has 1 aromatic heterocycles. The zero-order valence-electron chi connectivity index (χ0n) is 51.2. The number of amides is 7. The number of benzene rings is 3. The second kappa shape index (κ2) is 28.9. The zero-order chi connectivity index (χ0) is 62.8. The number of nitrogens with two attached hydrogens (primary N) is 1. The molecule has 2 saturated carbocycles. The van der Waals surface area contributed by atoms with E-state index in [9.17, 15) is 38.4 Å². The first-order chi connectivity index (χ1) is 42.3. The molecule has 88 heavy (non-hydrogen) atoms. The summed E-state index contributed by atoms with van der Waals surface area (Å²) < 4.78 is 23.4. The lowest BCUT2D eigenvalue weighted by atomic mass is 9.90. The van der Waals surface area contributed by atoms with Crippen molar-refractivity contribution in [1.82, 2.24) is 35.7 Å². The largest absolute Gasteiger partial charge is 0.495 e. The van der Waals surface area contributed by atoms with Gasteiger partial charge in [-0.15, -0.1) is 0 Å². The molecule has 9 rings (SSSR count). The monoisotopic (exact) mass is 1210 g/mol. The number of imide groups is 1. The van der Waals surface area contributed by atoms with Crippen LogP contribution in [0.3, 0.4) is 0 Å². The Morgan fingerprint density at radius 3 is 2.35 bits per heavy atom. The van der Waals surface area contributed by atoms with Gasteiger partial charge in [0, 0.05) is 67.8 Å². The number of carbonyl (C=O) groups is 8. The minimum atomic E-state index is -0.925. The summed E-state index contributed by atoms with van der Waals surface area (Å²) in [4.78, 5) is 122. The maximum absolute atomic E-state index is 14.1. The topological polar surface area (TPSA) is 286 Å². The van der Waals surface area contributed by atoms with Crippen molar-refractivity contribution in [2.75, 3.05) is 49.0 Å². The minimum Gasteiger partial charge on any atom is -0.495 e. The van der Waals surface area contributed by atoms with Gasteiger partial charge < -0.3 is 60.2 Å². The second-order valence-corrected chi connectivity index (χ2v) is 23.8. The lowest BCUT2D eigenvalue weighted by molar-refractivity contribution is -0.141. The number of anilines is 4. The van der Waals surface area contributed by atoms with Crippen LogP contribution in [-0.4, -0.2) is 143 Å². The van der Waals surface area contributed by atoms with E-state index in [-0.39, 0.29) is 111 Å². The van der Waals surface area contributed by atoms with Crippen LogP contribution in [0.4, 0.5) is 27.9 Å². The van der Waals surface area contributed by atoms with E-state index >= 15 is 0 Å². The summed E-state index contributed by atoms with van der Waals surface area (Å²) in [5.41, 5.74) is 10.1. The molecule has 6 N–H and O–H groups in total. The van der Waals surface area contributed by atoms with Gasteiger partial charge in [0.05, 0.1) is 38.2 Å². The standard InChI is InChI=1S/C65H81N11O12/c1-8-50-62(82)73(6)52-35-67-64(72-57(52)76(50)45-16-9-10-17-45)69-49-28-21-42(34-53(49)85-7)58(78)68-43-22-24-44(25-23-43)74(65(84)87-37-40-19-26-46(27-20-40)88-63(83)56(39(4)5)71-60(80)55(66)38(2)3)31-33-86-32-12-11-14-41-15-13-18-47-48(41)36-75(61(47)81)51-29-30-54(77)70-59(51)79/h13,15,18-21,26-28,34-35,38-39,43-45,50-51,55-56H,8-10,12,16-17,22-25,29-33,36-37,66H2,1-7H3,(H,68,78)(H,71,80)(H,67,69,72)(H,70,77,79)/t43?,44?,50-,51?,55+,56+/m1/s1. The predicted molar refractivity (Wildman–Crippen MR) is 327 cm³/mol. The van der Waals surface area contributed by atoms with Crippen LogP contribution in [0.25, 0.3) is 0 Å². The number of hydrogen-bond donors (Lipinski definition) is 5. The normalized spacial score (nSPS) is 19.9. The molecule has 2 aliphatic carbocycles. The van der Waals surface area contributed by atoms with Crippen LogP contribution in [0.15, 0.2) is 66.9 Å². The molecule has 7 amide bonds. The molecule has 468 valence electrons. The van der Waals surface area contributed by atoms with Gasteiger partial charge in [0.15, 0.2) is 5.82 Å². The van der Waals surface area contributed by atoms with E-state index in [1.807, 2.05) is 26.8 Å². The number of likely N-dealkylation sites (N-methyl/N-ethyl adjacent to an activating group) is 1. The number of ether oxygens (including phenoxy) is 4. The van der Waals surface area contributed by atoms with E-state index < -0.39 is 42.0 Å². The fourth-order valence-electron chi connectivity index (χ4n) is 12.1. The van der Waals surface area contributed by atoms with Crippen LogP contribution in [0.5, 0.6) is 11.5 Å². The molecule has 4 heterocycles. The van der Waals surface area contributed by atoms with Crippen molar-refractivity contribution < 1.29 is 57.3 Å². The van der Waals surface area contributed by atoms with E-state index in [0.717, 1.165) is 31.2 Å². The molecule has 1 saturated heterocycles. The van der Waals surface area contributed by atoms with Crippen molar-refractivity contribution in [1.29, 1.82) is 0 Å². The Kier molecular flexibility index (Phi) is 21.0. The van der Waals surface area contributed by atoms with E-state index in [1.54, 1.807) is 91.5 Å². The van der Waals surface area contributed by atoms with Gasteiger partial charge in [0.25, 0.3) is 11.8 Å². The smallest absolute Gasteiger partial charge is 0.410 e. The number of fused-ring (bicyclic) bond motifs is 2. The molecule has 1 unspecified atom stereocenters. The lowest BCUT2D eigenvalue weighted by Gasteiger charge is -2.43. The van der Waals surface area contributed by atoms with Crippen molar-refractivity contribution in [3.05, 3.63) is 94.7 Å². The number of esters is 1. The number of aromatic nitrogens is 2. The Morgan fingerprint density at radius 2 is 1.66 bits per heavy atom. The summed E-state index contributed by atoms with van der Waals surface area (Å²) in [6.07, 6.45) is 9.00. The molecule has 3 fully saturated rings. The first kappa shape index (κ1) is 63.9. The highest BCUT2D eigenvalue weighted by atomic mass is 16.6. The maximum atomic E-state index is 14.1. The number of rotatable bonds is 22. The van der Waals surface area contributed by atoms with Crippen LogP contribution >= 0.6 is 0 Å². The first-order valence-electron chi connectivity index (χ1n) is 30.7. The third-order valence-corrected chi connectivity index (χ3v) is 17.2. The van der Waals surface area contributed by atoms with Gasteiger partial charge in [-0.2, -0.15) is 4.98 Å². The lowest BCUT2D eigenvalue weighted by Crippen LogP contribution is -2.55. The third kappa shape index (κ3) is 14.8. The highest BCUT2D eigenvalue weighted by Gasteiger charge is 2.43. The molecule has 0 spiro atoms. The summed E-state index contributed by atoms with van der Waals surface area (Å²) in [5, 5.41) is 11.5. The molecule has 5 aliphatic rings. The number of hydrogen-bond acceptors (Lipinski definition) is 17. The van der Waals surface area contributed by atoms with Crippen LogP contribution < -0.4 is 46.3 Å². The summed E-state index contributed by atoms with van der Waals surface area (Å²) in [7, 11) is 3.29. The molecular formula is C65H81N11O12. The summed E-state index contributed by atoms with van der Waals surface area (Å²) in [5.74, 6) is 5.16. The third-order valence-electron chi connectivity index (χ3n) is 17.2. The average Bonchev–Trinajstić information content (AvgIpc) is 1.73. The quantitative estimate of drug-likeness (QED) is 0.0181. The van der Waals surface area contributed by atoms with Crippen molar-refractivity contribution in [3.63, 3.8) is 0 Å². The van der Waals surface area contributed by atoms with E-state index in [0.29, 0.717) is 89.7 Å². The van der Waals surface area contributed by atoms with Crippen molar-refractivity contribution in [3.8, 4) is 23.3 Å². The molecule has 4 aromatic rings. The Bertz CT molecular complexity index is 3310. The highest BCUT2D eigenvalue weighted by molar-refractivity contribution is 6.06. The van der Waals surface area contributed by atoms with Gasteiger partial charge in [-0.3, -0.25) is 34.1 Å². The molecule has 0 bridgehead atoms. The van der Waals surface area contributed by atoms with Gasteiger partial charge in [0.2, 0.25) is 29.6 Å². The molecular weight excluding hydrogens is 1130 g/mol. The van der Waals surface area contributed by atoms with Crippen LogP contribution in [0.1, 0.15) is 149 Å². The zero-order valence-corrected chi connectivity index (χ0v) is 51.2. The Morgan fingerprint density at radius 1 is 0.909 bits per heavy atom. The predicted octanol–water partition coefficient (Wildman–Crippen LogP) is 6.66. The number of carbonyl (C=O) groups excluding carboxylic acids is 8. The van der Waals surface area contributed by atoms with Crippen LogP contribution in [0, 0.1) is 23.7 Å². The molecule has 23 heteroatoms. The molecule has 3 aliphatic heterocycles. The SMILES string of the molecule is CC[C@@H]1C(=O)N(C)c2cnc(Nc3ccc(C(=O)NC4CCC(N(CCOCCC#Cc5cccc6c5CN(C5CCC(=O)NC5=O)C6=O)C(=O)OCc5ccc(OC(=O)[C@@H](NC(=O)[C@@H](N)C(C)C)C(C)C)cc5)CC4)cc3OC)nc2N1C1CCCC1. The summed E-state index contributed by atoms with van der Waals surface area (Å²) in [6, 6.07) is 14.0. The average molecular weight is 1210 g/mol. The Hall–Kier alpha value is -8.62. The molecule has 3 aromatic carbocycles. The van der Waals surface area contributed by atoms with Gasteiger partial charge in [-0.25, -0.2) is 14.6 Å². The van der Waals surface area contributed by atoms with Gasteiger partial charge in [-0.05, 0) is 117 Å². The van der Waals surface area contributed by atoms with Crippen LogP contribution in [-0.2, 0) is 46.6 Å². The Labute approximate surface area is 513 Å². The molecule has 23 nitrogen and oxygen atoms in total. The van der Waals surface area contributed by atoms with Crippen molar-refractivity contribution >= 4 is 70.6 Å². The van der Waals surface area contributed by atoms with Gasteiger partial charge >= 0.3 is 12.1 Å². The minimum absolute atomic E-state index is 0.0312. The van der Waals surface area contributed by atoms with Gasteiger partial charge in [0.1, 0.15) is 41.9 Å². The molecule has 4 atom stereocenters. The fraction of sp³-hybridized carbons (Fsp3) is 0.508. The number of nitrogens with one attached hydrogen (secondary N) is 4. The van der Waals surface area contributed by atoms with Crippen LogP contribution in [0.2, 0.25) is 0 Å². The number of methoxy groups -OCH3 is 1. The number of nitrogens with zero attached hydrogens (tertiary/aromatic N) is 6. The van der Waals surface area contributed by atoms with Crippen molar-refractivity contribution in [2.24, 2.45) is 17.6 Å². The fourth-order valence-corrected chi connectivity index (χ4v) is 12.1. The van der Waals surface area contributed by atoms with Gasteiger partial charge in [-0.1, -0.05) is 77.5 Å². The Balaban J connectivity index is 0.812. The highest BCUT2D eigenvalue weighted by Crippen LogP contribution is 2.41. The second-order valence-electron chi connectivity index (χ2n) is 23.8. The maximum Gasteiger partial charge on any atom is 0.410 e. The first-order valence-corrected chi connectivity index (χ1v) is 30.7. The summed E-state index contributed by atoms with van der Waals surface area (Å²) >= 11 is 0. The number of piperidine rings is 1. The summed E-state index contributed by atoms with van der Waals surface area (Å²) in [6.45, 7) is 10.0. The van der Waals surface area contributed by atoms with E-state index in [1.165, 1.54) is 12.0 Å². The van der Waals surface area contributed by atoms with E-state index in [2.05, 4.69) is 43.0 Å². The van der Waals surface area contributed by atoms with E-state index in [4.69, 9.17) is 29.7 Å². The molecule has 0 radical (unpaired) electrons.